The molecule has 0 atom stereocenters. The third-order valence-corrected chi connectivity index (χ3v) is 4.44. The second-order valence-electron chi connectivity index (χ2n) is 6.03. The van der Waals surface area contributed by atoms with E-state index in [0.29, 0.717) is 22.3 Å². The molecule has 5 nitrogen and oxygen atoms in total. The van der Waals surface area contributed by atoms with E-state index in [1.54, 1.807) is 45.0 Å². The van der Waals surface area contributed by atoms with Gasteiger partial charge in [-0.1, -0.05) is 23.4 Å². The Hall–Kier alpha value is -3.02. The molecule has 0 saturated heterocycles. The third kappa shape index (κ3) is 2.80. The van der Waals surface area contributed by atoms with Crippen LogP contribution >= 0.6 is 0 Å². The molecule has 6 heteroatoms. The van der Waals surface area contributed by atoms with Crippen LogP contribution in [0.5, 0.6) is 0 Å². The number of hydrogen-bond donors (Lipinski definition) is 1. The third-order valence-electron chi connectivity index (χ3n) is 4.44. The number of halogens is 1. The van der Waals surface area contributed by atoms with Gasteiger partial charge in [-0.25, -0.2) is 9.18 Å². The predicted octanol–water partition coefficient (Wildman–Crippen LogP) is 4.47. The SMILES string of the molecule is Cc1ccc(-c2nc(-c3ccc(C)c(C(=O)O)c3C)no2)c(F)c1C. The standard InChI is InChI=1S/C19H17FN2O3/c1-9-5-8-14(16(20)11(9)3)18-21-17(22-25-18)13-7-6-10(2)15(12(13)4)19(23)24/h5-8H,1-4H3,(H,23,24). The number of carboxylic acids is 1. The highest BCUT2D eigenvalue weighted by Crippen LogP contribution is 2.30. The average Bonchev–Trinajstić information content (AvgIpc) is 3.02. The molecule has 0 amide bonds. The van der Waals surface area contributed by atoms with Crippen LogP contribution in [0.25, 0.3) is 22.8 Å². The first-order valence-corrected chi connectivity index (χ1v) is 7.75. The van der Waals surface area contributed by atoms with Crippen molar-refractivity contribution >= 4 is 5.97 Å². The summed E-state index contributed by atoms with van der Waals surface area (Å²) in [6, 6.07) is 6.82. The van der Waals surface area contributed by atoms with E-state index in [9.17, 15) is 14.3 Å². The first-order valence-electron chi connectivity index (χ1n) is 7.75. The molecule has 3 rings (SSSR count). The number of nitrogens with zero attached hydrogens (tertiary/aromatic N) is 2. The van der Waals surface area contributed by atoms with Gasteiger partial charge in [0.15, 0.2) is 0 Å². The van der Waals surface area contributed by atoms with Crippen LogP contribution in [0.4, 0.5) is 4.39 Å². The largest absolute Gasteiger partial charge is 0.478 e. The summed E-state index contributed by atoms with van der Waals surface area (Å²) >= 11 is 0. The lowest BCUT2D eigenvalue weighted by Gasteiger charge is -2.08. The number of hydrogen-bond acceptors (Lipinski definition) is 4. The van der Waals surface area contributed by atoms with E-state index < -0.39 is 11.8 Å². The van der Waals surface area contributed by atoms with Crippen LogP contribution in [0.2, 0.25) is 0 Å². The van der Waals surface area contributed by atoms with E-state index in [2.05, 4.69) is 10.1 Å². The second-order valence-corrected chi connectivity index (χ2v) is 6.03. The van der Waals surface area contributed by atoms with Crippen LogP contribution in [0, 0.1) is 33.5 Å². The zero-order chi connectivity index (χ0) is 18.3. The van der Waals surface area contributed by atoms with Gasteiger partial charge in [0.1, 0.15) is 5.82 Å². The number of aryl methyl sites for hydroxylation is 2. The minimum absolute atomic E-state index is 0.0625. The van der Waals surface area contributed by atoms with Crippen molar-refractivity contribution in [3.8, 4) is 22.8 Å². The van der Waals surface area contributed by atoms with E-state index >= 15 is 0 Å². The van der Waals surface area contributed by atoms with Crippen molar-refractivity contribution in [3.05, 3.63) is 57.9 Å². The number of aromatic carboxylic acids is 1. The Labute approximate surface area is 144 Å². The maximum Gasteiger partial charge on any atom is 0.336 e. The van der Waals surface area contributed by atoms with Crippen molar-refractivity contribution in [2.24, 2.45) is 0 Å². The lowest BCUT2D eigenvalue weighted by atomic mass is 9.97. The number of benzene rings is 2. The van der Waals surface area contributed by atoms with Gasteiger partial charge in [-0.2, -0.15) is 4.98 Å². The number of carbonyl (C=O) groups is 1. The number of rotatable bonds is 3. The topological polar surface area (TPSA) is 76.2 Å². The van der Waals surface area contributed by atoms with E-state index in [1.807, 2.05) is 6.92 Å². The van der Waals surface area contributed by atoms with Gasteiger partial charge < -0.3 is 9.63 Å². The van der Waals surface area contributed by atoms with E-state index in [-0.39, 0.29) is 22.8 Å². The molecule has 0 aliphatic heterocycles. The summed E-state index contributed by atoms with van der Waals surface area (Å²) in [5.41, 5.74) is 3.53. The van der Waals surface area contributed by atoms with Gasteiger partial charge >= 0.3 is 5.97 Å². The fourth-order valence-corrected chi connectivity index (χ4v) is 2.81. The minimum Gasteiger partial charge on any atom is -0.478 e. The Morgan fingerprint density at radius 2 is 1.64 bits per heavy atom. The molecule has 1 N–H and O–H groups in total. The van der Waals surface area contributed by atoms with Crippen LogP contribution in [0.15, 0.2) is 28.8 Å². The van der Waals surface area contributed by atoms with Gasteiger partial charge in [0.2, 0.25) is 5.82 Å². The van der Waals surface area contributed by atoms with Gasteiger partial charge in [-0.3, -0.25) is 0 Å². The Morgan fingerprint density at radius 3 is 2.32 bits per heavy atom. The summed E-state index contributed by atoms with van der Waals surface area (Å²) in [6.45, 7) is 6.93. The van der Waals surface area contributed by atoms with Crippen LogP contribution in [-0.2, 0) is 0 Å². The van der Waals surface area contributed by atoms with Gasteiger partial charge in [0, 0.05) is 5.56 Å². The predicted molar refractivity (Wildman–Crippen MR) is 91.0 cm³/mol. The van der Waals surface area contributed by atoms with Gasteiger partial charge in [-0.15, -0.1) is 0 Å². The molecule has 0 bridgehead atoms. The maximum absolute atomic E-state index is 14.5. The molecule has 3 aromatic rings. The van der Waals surface area contributed by atoms with Crippen molar-refractivity contribution in [3.63, 3.8) is 0 Å². The molecule has 0 unspecified atom stereocenters. The second kappa shape index (κ2) is 6.12. The number of carboxylic acid groups (broad SMARTS) is 1. The zero-order valence-electron chi connectivity index (χ0n) is 14.3. The summed E-state index contributed by atoms with van der Waals surface area (Å²) in [5, 5.41) is 13.3. The molecule has 0 saturated carbocycles. The molecule has 25 heavy (non-hydrogen) atoms. The van der Waals surface area contributed by atoms with Crippen molar-refractivity contribution in [2.75, 3.05) is 0 Å². The zero-order valence-corrected chi connectivity index (χ0v) is 14.3. The van der Waals surface area contributed by atoms with E-state index in [0.717, 1.165) is 5.56 Å². The molecule has 0 aliphatic rings. The summed E-state index contributed by atoms with van der Waals surface area (Å²) < 4.78 is 19.7. The first kappa shape index (κ1) is 16.8. The van der Waals surface area contributed by atoms with Crippen LogP contribution in [-0.4, -0.2) is 21.2 Å². The highest BCUT2D eigenvalue weighted by molar-refractivity contribution is 5.93. The molecule has 128 valence electrons. The van der Waals surface area contributed by atoms with Gasteiger partial charge in [-0.05, 0) is 56.0 Å². The fraction of sp³-hybridized carbons (Fsp3) is 0.211. The minimum atomic E-state index is -1.01. The van der Waals surface area contributed by atoms with Gasteiger partial charge in [0.25, 0.3) is 5.89 Å². The van der Waals surface area contributed by atoms with Crippen molar-refractivity contribution in [1.82, 2.24) is 10.1 Å². The highest BCUT2D eigenvalue weighted by Gasteiger charge is 2.20. The molecule has 0 radical (unpaired) electrons. The Bertz CT molecular complexity index is 993. The molecule has 0 spiro atoms. The lowest BCUT2D eigenvalue weighted by molar-refractivity contribution is 0.0695. The number of aromatic nitrogens is 2. The summed E-state index contributed by atoms with van der Waals surface area (Å²) in [7, 11) is 0. The Balaban J connectivity index is 2.11. The maximum atomic E-state index is 14.5. The first-order chi connectivity index (χ1) is 11.8. The smallest absolute Gasteiger partial charge is 0.336 e. The van der Waals surface area contributed by atoms with E-state index in [1.165, 1.54) is 0 Å². The molecule has 2 aromatic carbocycles. The highest BCUT2D eigenvalue weighted by atomic mass is 19.1. The molecule has 0 fully saturated rings. The van der Waals surface area contributed by atoms with Crippen LogP contribution in [0.3, 0.4) is 0 Å². The molecule has 1 heterocycles. The van der Waals surface area contributed by atoms with Crippen LogP contribution in [0.1, 0.15) is 32.6 Å². The quantitative estimate of drug-likeness (QED) is 0.761. The summed E-state index contributed by atoms with van der Waals surface area (Å²) in [5.74, 6) is -1.12. The van der Waals surface area contributed by atoms with Crippen LogP contribution < -0.4 is 0 Å². The monoisotopic (exact) mass is 340 g/mol. The molecule has 0 aliphatic carbocycles. The van der Waals surface area contributed by atoms with Crippen molar-refractivity contribution < 1.29 is 18.8 Å². The van der Waals surface area contributed by atoms with Crippen molar-refractivity contribution in [1.29, 1.82) is 0 Å². The molecule has 1 aromatic heterocycles. The lowest BCUT2D eigenvalue weighted by Crippen LogP contribution is -2.04. The normalized spacial score (nSPS) is 10.9. The molecular formula is C19H17FN2O3. The Morgan fingerprint density at radius 1 is 1.00 bits per heavy atom. The fourth-order valence-electron chi connectivity index (χ4n) is 2.81. The summed E-state index contributed by atoms with van der Waals surface area (Å²) in [6.07, 6.45) is 0. The van der Waals surface area contributed by atoms with E-state index in [4.69, 9.17) is 4.52 Å². The van der Waals surface area contributed by atoms with Crippen molar-refractivity contribution in [2.45, 2.75) is 27.7 Å². The average molecular weight is 340 g/mol. The van der Waals surface area contributed by atoms with Gasteiger partial charge in [0.05, 0.1) is 11.1 Å². The summed E-state index contributed by atoms with van der Waals surface area (Å²) in [4.78, 5) is 15.7. The molecular weight excluding hydrogens is 323 g/mol. The Kier molecular flexibility index (Phi) is 4.12.